The van der Waals surface area contributed by atoms with Gasteiger partial charge in [0.15, 0.2) is 0 Å². The van der Waals surface area contributed by atoms with Gasteiger partial charge < -0.3 is 20.9 Å². The van der Waals surface area contributed by atoms with Crippen molar-refractivity contribution in [1.29, 1.82) is 0 Å². The van der Waals surface area contributed by atoms with Gasteiger partial charge in [0, 0.05) is 13.2 Å². The zero-order valence-electron chi connectivity index (χ0n) is 12.4. The van der Waals surface area contributed by atoms with E-state index in [-0.39, 0.29) is 12.0 Å². The molecule has 112 valence electrons. The zero-order valence-corrected chi connectivity index (χ0v) is 12.4. The lowest BCUT2D eigenvalue weighted by molar-refractivity contribution is 0.220. The topological polar surface area (TPSA) is 80.4 Å². The van der Waals surface area contributed by atoms with Crippen molar-refractivity contribution in [3.63, 3.8) is 0 Å². The van der Waals surface area contributed by atoms with E-state index in [0.717, 1.165) is 18.8 Å². The summed E-state index contributed by atoms with van der Waals surface area (Å²) in [6.07, 6.45) is 3.24. The number of nitrogens with zero attached hydrogens (tertiary/aromatic N) is 1. The second kappa shape index (κ2) is 6.31. The van der Waals surface area contributed by atoms with E-state index >= 15 is 0 Å². The van der Waals surface area contributed by atoms with E-state index in [1.54, 1.807) is 0 Å². The van der Waals surface area contributed by atoms with E-state index in [9.17, 15) is 0 Å². The molecule has 1 aliphatic carbocycles. The average molecular weight is 279 g/mol. The molecule has 1 saturated carbocycles. The molecule has 1 aliphatic rings. The second-order valence-corrected chi connectivity index (χ2v) is 6.34. The maximum Gasteiger partial charge on any atom is 0.239 e. The Balaban J connectivity index is 1.92. The average Bonchev–Trinajstić information content (AvgIpc) is 3.20. The van der Waals surface area contributed by atoms with E-state index in [1.807, 2.05) is 12.1 Å². The van der Waals surface area contributed by atoms with Crippen LogP contribution in [0.15, 0.2) is 12.1 Å². The number of hydrogen-bond donors (Lipinski definition) is 3. The van der Waals surface area contributed by atoms with Crippen LogP contribution in [0.3, 0.4) is 0 Å². The summed E-state index contributed by atoms with van der Waals surface area (Å²) in [4.78, 5) is 4.41. The Hall–Kier alpha value is -1.49. The van der Waals surface area contributed by atoms with E-state index < -0.39 is 0 Å². The number of pyridine rings is 1. The lowest BCUT2D eigenvalue weighted by atomic mass is 9.90. The van der Waals surface area contributed by atoms with Crippen LogP contribution >= 0.6 is 0 Å². The van der Waals surface area contributed by atoms with Crippen molar-refractivity contribution in [2.45, 2.75) is 33.1 Å². The number of rotatable bonds is 8. The minimum absolute atomic E-state index is 0.0207. The normalized spacial score (nSPS) is 15.2. The minimum Gasteiger partial charge on any atom is -0.476 e. The molecule has 0 bridgehead atoms. The van der Waals surface area contributed by atoms with Crippen molar-refractivity contribution < 1.29 is 9.84 Å². The number of aromatic nitrogens is 1. The first-order valence-corrected chi connectivity index (χ1v) is 7.24. The highest BCUT2D eigenvalue weighted by Crippen LogP contribution is 2.31. The van der Waals surface area contributed by atoms with Crippen molar-refractivity contribution in [2.75, 3.05) is 30.8 Å². The van der Waals surface area contributed by atoms with Gasteiger partial charge >= 0.3 is 0 Å². The molecule has 0 amide bonds. The first-order chi connectivity index (χ1) is 9.50. The summed E-state index contributed by atoms with van der Waals surface area (Å²) in [5, 5.41) is 12.3. The summed E-state index contributed by atoms with van der Waals surface area (Å²) in [6, 6.07) is 3.67. The SMILES string of the molecule is CC(C)(CCO)CNc1ccc(N)c(OCC2CC2)n1. The van der Waals surface area contributed by atoms with Gasteiger partial charge in [-0.1, -0.05) is 13.8 Å². The number of ether oxygens (including phenoxy) is 1. The highest BCUT2D eigenvalue weighted by molar-refractivity contribution is 5.53. The van der Waals surface area contributed by atoms with Crippen molar-refractivity contribution in [1.82, 2.24) is 4.98 Å². The maximum absolute atomic E-state index is 9.03. The summed E-state index contributed by atoms with van der Waals surface area (Å²) in [7, 11) is 0. The first-order valence-electron chi connectivity index (χ1n) is 7.24. The quantitative estimate of drug-likeness (QED) is 0.680. The van der Waals surface area contributed by atoms with Gasteiger partial charge in [-0.3, -0.25) is 0 Å². The number of hydrogen-bond acceptors (Lipinski definition) is 5. The van der Waals surface area contributed by atoms with Crippen molar-refractivity contribution in [2.24, 2.45) is 11.3 Å². The Morgan fingerprint density at radius 1 is 1.45 bits per heavy atom. The molecule has 1 aromatic rings. The third-order valence-corrected chi connectivity index (χ3v) is 3.58. The summed E-state index contributed by atoms with van der Waals surface area (Å²) in [6.45, 7) is 5.86. The largest absolute Gasteiger partial charge is 0.476 e. The van der Waals surface area contributed by atoms with Gasteiger partial charge in [0.25, 0.3) is 0 Å². The Bertz CT molecular complexity index is 445. The fourth-order valence-electron chi connectivity index (χ4n) is 1.87. The van der Waals surface area contributed by atoms with Crippen LogP contribution in [0.2, 0.25) is 0 Å². The van der Waals surface area contributed by atoms with Crippen LogP contribution in [0.1, 0.15) is 33.1 Å². The van der Waals surface area contributed by atoms with Gasteiger partial charge in [-0.25, -0.2) is 0 Å². The van der Waals surface area contributed by atoms with Crippen molar-refractivity contribution in [3.8, 4) is 5.88 Å². The molecule has 0 unspecified atom stereocenters. The fourth-order valence-corrected chi connectivity index (χ4v) is 1.87. The van der Waals surface area contributed by atoms with E-state index in [1.165, 1.54) is 12.8 Å². The van der Waals surface area contributed by atoms with E-state index in [0.29, 0.717) is 24.1 Å². The van der Waals surface area contributed by atoms with Crippen LogP contribution in [0.4, 0.5) is 11.5 Å². The smallest absolute Gasteiger partial charge is 0.239 e. The Morgan fingerprint density at radius 2 is 2.20 bits per heavy atom. The van der Waals surface area contributed by atoms with Crippen LogP contribution in [-0.2, 0) is 0 Å². The van der Waals surface area contributed by atoms with Crippen LogP contribution in [0.5, 0.6) is 5.88 Å². The van der Waals surface area contributed by atoms with Crippen LogP contribution in [0, 0.1) is 11.3 Å². The summed E-state index contributed by atoms with van der Waals surface area (Å²) >= 11 is 0. The summed E-state index contributed by atoms with van der Waals surface area (Å²) in [5.74, 6) is 1.95. The van der Waals surface area contributed by atoms with Gasteiger partial charge in [0.1, 0.15) is 5.82 Å². The molecule has 0 radical (unpaired) electrons. The van der Waals surface area contributed by atoms with Crippen molar-refractivity contribution >= 4 is 11.5 Å². The molecule has 0 spiro atoms. The van der Waals surface area contributed by atoms with Crippen LogP contribution < -0.4 is 15.8 Å². The van der Waals surface area contributed by atoms with Gasteiger partial charge in [0.2, 0.25) is 5.88 Å². The van der Waals surface area contributed by atoms with Crippen LogP contribution in [-0.4, -0.2) is 29.8 Å². The lowest BCUT2D eigenvalue weighted by Crippen LogP contribution is -2.24. The predicted octanol–water partition coefficient (Wildman–Crippen LogP) is 2.27. The molecular weight excluding hydrogens is 254 g/mol. The number of nitrogen functional groups attached to an aromatic ring is 1. The molecule has 5 nitrogen and oxygen atoms in total. The zero-order chi connectivity index (χ0) is 14.6. The number of aliphatic hydroxyl groups is 1. The van der Waals surface area contributed by atoms with E-state index in [2.05, 4.69) is 24.1 Å². The number of aliphatic hydroxyl groups excluding tert-OH is 1. The summed E-state index contributed by atoms with van der Waals surface area (Å²) in [5.41, 5.74) is 6.47. The molecule has 2 rings (SSSR count). The monoisotopic (exact) mass is 279 g/mol. The third-order valence-electron chi connectivity index (χ3n) is 3.58. The van der Waals surface area contributed by atoms with Gasteiger partial charge in [-0.05, 0) is 42.7 Å². The molecule has 0 atom stereocenters. The first kappa shape index (κ1) is 14.9. The number of nitrogens with one attached hydrogen (secondary N) is 1. The molecule has 5 heteroatoms. The highest BCUT2D eigenvalue weighted by atomic mass is 16.5. The molecule has 4 N–H and O–H groups in total. The Labute approximate surface area is 120 Å². The van der Waals surface area contributed by atoms with Crippen LogP contribution in [0.25, 0.3) is 0 Å². The lowest BCUT2D eigenvalue weighted by Gasteiger charge is -2.24. The van der Waals surface area contributed by atoms with E-state index in [4.69, 9.17) is 15.6 Å². The standard InChI is InChI=1S/C15H25N3O2/c1-15(2,7-8-19)10-17-13-6-5-12(16)14(18-13)20-9-11-3-4-11/h5-6,11,19H,3-4,7-10,16H2,1-2H3,(H,17,18). The molecule has 1 heterocycles. The Morgan fingerprint density at radius 3 is 2.85 bits per heavy atom. The predicted molar refractivity (Wildman–Crippen MR) is 80.8 cm³/mol. The van der Waals surface area contributed by atoms with Gasteiger partial charge in [-0.15, -0.1) is 0 Å². The van der Waals surface area contributed by atoms with Crippen molar-refractivity contribution in [3.05, 3.63) is 12.1 Å². The van der Waals surface area contributed by atoms with Gasteiger partial charge in [0.05, 0.1) is 12.3 Å². The molecule has 1 aromatic heterocycles. The number of anilines is 2. The second-order valence-electron chi connectivity index (χ2n) is 6.34. The summed E-state index contributed by atoms with van der Waals surface area (Å²) < 4.78 is 5.66. The Kier molecular flexibility index (Phi) is 4.70. The third kappa shape index (κ3) is 4.56. The number of nitrogens with two attached hydrogens (primary N) is 1. The molecule has 0 aliphatic heterocycles. The molecular formula is C15H25N3O2. The minimum atomic E-state index is 0.0207. The highest BCUT2D eigenvalue weighted by Gasteiger charge is 2.22. The van der Waals surface area contributed by atoms with Gasteiger partial charge in [-0.2, -0.15) is 4.98 Å². The molecule has 0 saturated heterocycles. The molecule has 1 fully saturated rings. The molecule has 20 heavy (non-hydrogen) atoms. The fraction of sp³-hybridized carbons (Fsp3) is 0.667. The maximum atomic E-state index is 9.03. The molecule has 0 aromatic carbocycles.